The Morgan fingerprint density at radius 2 is 2.04 bits per heavy atom. The van der Waals surface area contributed by atoms with E-state index in [0.717, 1.165) is 32.9 Å². The molecule has 7 heteroatoms. The number of aromatic nitrogens is 5. The maximum atomic E-state index is 5.72. The van der Waals surface area contributed by atoms with E-state index in [1.165, 1.54) is 0 Å². The highest BCUT2D eigenvalue weighted by Crippen LogP contribution is 2.23. The second kappa shape index (κ2) is 6.82. The van der Waals surface area contributed by atoms with Crippen LogP contribution in [0.25, 0.3) is 16.7 Å². The number of nitrogen functional groups attached to an aromatic ring is 1. The van der Waals surface area contributed by atoms with Crippen molar-refractivity contribution < 1.29 is 0 Å². The van der Waals surface area contributed by atoms with Gasteiger partial charge < -0.3 is 5.73 Å². The Morgan fingerprint density at radius 1 is 1.19 bits per heavy atom. The van der Waals surface area contributed by atoms with E-state index in [1.54, 1.807) is 28.3 Å². The lowest BCUT2D eigenvalue weighted by Gasteiger charge is -2.03. The van der Waals surface area contributed by atoms with Gasteiger partial charge in [-0.1, -0.05) is 11.8 Å². The molecule has 3 heterocycles. The summed E-state index contributed by atoms with van der Waals surface area (Å²) in [6.07, 6.45) is 1.63. The Morgan fingerprint density at radius 3 is 2.78 bits per heavy atom. The summed E-state index contributed by atoms with van der Waals surface area (Å²) in [4.78, 5) is 12.7. The Bertz CT molecular complexity index is 1190. The lowest BCUT2D eigenvalue weighted by Crippen LogP contribution is -2.03. The van der Waals surface area contributed by atoms with E-state index in [0.29, 0.717) is 5.82 Å². The number of aryl methyl sites for hydroxylation is 2. The van der Waals surface area contributed by atoms with Gasteiger partial charge in [-0.2, -0.15) is 10.1 Å². The van der Waals surface area contributed by atoms with Crippen molar-refractivity contribution in [3.63, 3.8) is 0 Å². The van der Waals surface area contributed by atoms with Gasteiger partial charge in [0.2, 0.25) is 5.95 Å². The monoisotopic (exact) mass is 374 g/mol. The first-order chi connectivity index (χ1) is 13.0. The third kappa shape index (κ3) is 3.39. The molecular formula is C20H18N6S. The van der Waals surface area contributed by atoms with Crippen molar-refractivity contribution in [1.82, 2.24) is 24.7 Å². The number of nitrogens with zero attached hydrogens (tertiary/aromatic N) is 5. The summed E-state index contributed by atoms with van der Waals surface area (Å²) < 4.78 is 1.78. The molecule has 2 N–H and O–H groups in total. The van der Waals surface area contributed by atoms with E-state index in [9.17, 15) is 0 Å². The highest BCUT2D eigenvalue weighted by molar-refractivity contribution is 7.09. The molecule has 0 fully saturated rings. The molecule has 27 heavy (non-hydrogen) atoms. The molecule has 0 aliphatic carbocycles. The fourth-order valence-electron chi connectivity index (χ4n) is 2.83. The van der Waals surface area contributed by atoms with Gasteiger partial charge in [0.25, 0.3) is 0 Å². The molecule has 134 valence electrons. The van der Waals surface area contributed by atoms with Crippen LogP contribution < -0.4 is 5.73 Å². The number of rotatable bonds is 2. The molecule has 0 amide bonds. The van der Waals surface area contributed by atoms with Crippen LogP contribution >= 0.6 is 11.3 Å². The zero-order valence-corrected chi connectivity index (χ0v) is 16.1. The molecule has 0 aliphatic heterocycles. The molecule has 0 bridgehead atoms. The predicted molar refractivity (Wildman–Crippen MR) is 108 cm³/mol. The smallest absolute Gasteiger partial charge is 0.221 e. The number of hydrogen-bond acceptors (Lipinski definition) is 6. The summed E-state index contributed by atoms with van der Waals surface area (Å²) in [6.45, 7) is 6.04. The zero-order valence-electron chi connectivity index (χ0n) is 15.3. The second-order valence-corrected chi connectivity index (χ2v) is 7.21. The van der Waals surface area contributed by atoms with Crippen LogP contribution in [0.15, 0.2) is 35.8 Å². The van der Waals surface area contributed by atoms with Crippen LogP contribution in [-0.4, -0.2) is 24.7 Å². The average molecular weight is 374 g/mol. The van der Waals surface area contributed by atoms with Crippen molar-refractivity contribution >= 4 is 28.2 Å². The first-order valence-electron chi connectivity index (χ1n) is 8.53. The molecule has 4 aromatic rings. The van der Waals surface area contributed by atoms with Gasteiger partial charge in [-0.15, -0.1) is 11.3 Å². The number of nitrogens with two attached hydrogens (primary N) is 1. The quantitative estimate of drug-likeness (QED) is 0.542. The van der Waals surface area contributed by atoms with E-state index in [2.05, 4.69) is 38.8 Å². The Balaban J connectivity index is 1.74. The van der Waals surface area contributed by atoms with Crippen LogP contribution in [0.5, 0.6) is 0 Å². The standard InChI is InChI=1S/C20H18N6S/c1-12(19-23-13(2)11-27-19)4-5-15-6-7-16-14(3)25-26(17(16)10-15)18-8-9-22-20(21)24-18/h6-12H,1-3H3,(H2,21,22,24). The minimum Gasteiger partial charge on any atom is -0.368 e. The number of hydrogen-bond donors (Lipinski definition) is 1. The Kier molecular flexibility index (Phi) is 4.34. The van der Waals surface area contributed by atoms with Crippen molar-refractivity contribution in [2.24, 2.45) is 0 Å². The van der Waals surface area contributed by atoms with Gasteiger partial charge in [0.15, 0.2) is 5.82 Å². The predicted octanol–water partition coefficient (Wildman–Crippen LogP) is 3.63. The Hall–Kier alpha value is -3.24. The third-order valence-electron chi connectivity index (χ3n) is 4.18. The lowest BCUT2D eigenvalue weighted by atomic mass is 10.1. The lowest BCUT2D eigenvalue weighted by molar-refractivity contribution is 0.853. The van der Waals surface area contributed by atoms with Gasteiger partial charge in [-0.3, -0.25) is 0 Å². The summed E-state index contributed by atoms with van der Waals surface area (Å²) in [6, 6.07) is 7.87. The molecule has 1 aromatic carbocycles. The van der Waals surface area contributed by atoms with Crippen molar-refractivity contribution in [2.75, 3.05) is 5.73 Å². The first kappa shape index (κ1) is 17.2. The summed E-state index contributed by atoms with van der Waals surface area (Å²) in [5, 5.41) is 8.75. The van der Waals surface area contributed by atoms with E-state index in [-0.39, 0.29) is 11.9 Å². The topological polar surface area (TPSA) is 82.5 Å². The minimum absolute atomic E-state index is 0.0905. The van der Waals surface area contributed by atoms with Crippen molar-refractivity contribution in [3.05, 3.63) is 57.8 Å². The molecule has 0 saturated heterocycles. The first-order valence-corrected chi connectivity index (χ1v) is 9.41. The van der Waals surface area contributed by atoms with Gasteiger partial charge in [-0.25, -0.2) is 14.6 Å². The number of thiazole rings is 1. The molecule has 3 aromatic heterocycles. The van der Waals surface area contributed by atoms with Crippen molar-refractivity contribution in [3.8, 4) is 17.7 Å². The highest BCUT2D eigenvalue weighted by atomic mass is 32.1. The normalized spacial score (nSPS) is 12.0. The van der Waals surface area contributed by atoms with Crippen LogP contribution in [0, 0.1) is 25.7 Å². The van der Waals surface area contributed by atoms with Gasteiger partial charge in [0.05, 0.1) is 17.1 Å². The van der Waals surface area contributed by atoms with E-state index >= 15 is 0 Å². The fourth-order valence-corrected chi connectivity index (χ4v) is 3.63. The summed E-state index contributed by atoms with van der Waals surface area (Å²) in [5.74, 6) is 7.50. The van der Waals surface area contributed by atoms with E-state index in [4.69, 9.17) is 5.73 Å². The van der Waals surface area contributed by atoms with Crippen LogP contribution in [-0.2, 0) is 0 Å². The summed E-state index contributed by atoms with van der Waals surface area (Å²) in [5.41, 5.74) is 9.55. The number of anilines is 1. The summed E-state index contributed by atoms with van der Waals surface area (Å²) >= 11 is 1.65. The largest absolute Gasteiger partial charge is 0.368 e. The van der Waals surface area contributed by atoms with Gasteiger partial charge >= 0.3 is 0 Å². The van der Waals surface area contributed by atoms with Crippen LogP contribution in [0.4, 0.5) is 5.95 Å². The molecule has 0 radical (unpaired) electrons. The maximum absolute atomic E-state index is 5.72. The molecule has 0 saturated carbocycles. The second-order valence-electron chi connectivity index (χ2n) is 6.32. The van der Waals surface area contributed by atoms with Crippen molar-refractivity contribution in [2.45, 2.75) is 26.7 Å². The van der Waals surface area contributed by atoms with Gasteiger partial charge in [-0.05, 0) is 39.0 Å². The zero-order chi connectivity index (χ0) is 19.0. The third-order valence-corrected chi connectivity index (χ3v) is 5.33. The number of benzene rings is 1. The van der Waals surface area contributed by atoms with Crippen LogP contribution in [0.1, 0.15) is 34.8 Å². The van der Waals surface area contributed by atoms with Crippen LogP contribution in [0.3, 0.4) is 0 Å². The molecule has 1 unspecified atom stereocenters. The molecule has 6 nitrogen and oxygen atoms in total. The van der Waals surface area contributed by atoms with Gasteiger partial charge in [0, 0.05) is 34.3 Å². The SMILES string of the molecule is Cc1csc(C(C)C#Cc2ccc3c(C)nn(-c4ccnc(N)n4)c3c2)n1. The average Bonchev–Trinajstić information content (AvgIpc) is 3.23. The number of fused-ring (bicyclic) bond motifs is 1. The fraction of sp³-hybridized carbons (Fsp3) is 0.200. The molecule has 1 atom stereocenters. The van der Waals surface area contributed by atoms with Crippen molar-refractivity contribution in [1.29, 1.82) is 0 Å². The maximum Gasteiger partial charge on any atom is 0.221 e. The summed E-state index contributed by atoms with van der Waals surface area (Å²) in [7, 11) is 0. The Labute approximate surface area is 161 Å². The molecule has 4 rings (SSSR count). The molecule has 0 aliphatic rings. The van der Waals surface area contributed by atoms with E-state index in [1.807, 2.05) is 37.4 Å². The van der Waals surface area contributed by atoms with Gasteiger partial charge in [0.1, 0.15) is 5.01 Å². The molecular weight excluding hydrogens is 356 g/mol. The van der Waals surface area contributed by atoms with E-state index < -0.39 is 0 Å². The minimum atomic E-state index is 0.0905. The highest BCUT2D eigenvalue weighted by Gasteiger charge is 2.11. The molecule has 0 spiro atoms. The van der Waals surface area contributed by atoms with Crippen LogP contribution in [0.2, 0.25) is 0 Å².